The van der Waals surface area contributed by atoms with E-state index < -0.39 is 0 Å². The second kappa shape index (κ2) is 2.29. The second-order valence-electron chi connectivity index (χ2n) is 2.76. The molecule has 1 aliphatic rings. The first-order valence-electron chi connectivity index (χ1n) is 3.30. The van der Waals surface area contributed by atoms with Gasteiger partial charge < -0.3 is 0 Å². The first-order chi connectivity index (χ1) is 3.79. The minimum absolute atomic E-state index is 0.582. The fourth-order valence-electron chi connectivity index (χ4n) is 1.16. The quantitative estimate of drug-likeness (QED) is 0.452. The molecule has 0 amide bonds. The zero-order valence-corrected chi connectivity index (χ0v) is 5.59. The normalized spacial score (nSPS) is 37.8. The van der Waals surface area contributed by atoms with E-state index in [0.717, 1.165) is 5.92 Å². The van der Waals surface area contributed by atoms with Crippen molar-refractivity contribution in [1.29, 1.82) is 0 Å². The van der Waals surface area contributed by atoms with Gasteiger partial charge in [0.25, 0.3) is 0 Å². The summed E-state index contributed by atoms with van der Waals surface area (Å²) in [5.74, 6) is 0.863. The van der Waals surface area contributed by atoms with E-state index in [9.17, 15) is 0 Å². The van der Waals surface area contributed by atoms with E-state index in [-0.39, 0.29) is 0 Å². The lowest BCUT2D eigenvalue weighted by Crippen LogP contribution is -2.11. The van der Waals surface area contributed by atoms with Crippen molar-refractivity contribution in [2.45, 2.75) is 32.7 Å². The van der Waals surface area contributed by atoms with Crippen molar-refractivity contribution in [3.63, 3.8) is 0 Å². The maximum Gasteiger partial charge on any atom is 0.0470 e. The Bertz CT molecular complexity index is 96.6. The van der Waals surface area contributed by atoms with Gasteiger partial charge in [0.1, 0.15) is 0 Å². The number of hydrogen-bond acceptors (Lipinski definition) is 1. The topological polar surface area (TPSA) is 12.4 Å². The van der Waals surface area contributed by atoms with Crippen LogP contribution in [0.25, 0.3) is 0 Å². The lowest BCUT2D eigenvalue weighted by atomic mass is 9.98. The summed E-state index contributed by atoms with van der Waals surface area (Å²) < 4.78 is 0. The number of aliphatic imine (C=N–C) groups is 1. The van der Waals surface area contributed by atoms with Gasteiger partial charge in [0.15, 0.2) is 0 Å². The maximum absolute atomic E-state index is 4.26. The molecule has 1 heteroatoms. The van der Waals surface area contributed by atoms with Crippen LogP contribution in [-0.4, -0.2) is 12.3 Å². The molecule has 1 nitrogen and oxygen atoms in total. The van der Waals surface area contributed by atoms with Crippen LogP contribution in [0.2, 0.25) is 0 Å². The molecule has 0 aromatic heterocycles. The number of rotatable bonds is 0. The van der Waals surface area contributed by atoms with Crippen molar-refractivity contribution in [2.24, 2.45) is 10.9 Å². The Morgan fingerprint density at radius 2 is 2.25 bits per heavy atom. The third-order valence-corrected chi connectivity index (χ3v) is 1.61. The molecule has 0 aromatic rings. The number of nitrogens with zero attached hydrogens (tertiary/aromatic N) is 1. The van der Waals surface area contributed by atoms with Gasteiger partial charge in [-0.25, -0.2) is 0 Å². The van der Waals surface area contributed by atoms with Crippen LogP contribution >= 0.6 is 0 Å². The average molecular weight is 111 g/mol. The van der Waals surface area contributed by atoms with Crippen molar-refractivity contribution < 1.29 is 0 Å². The fourth-order valence-corrected chi connectivity index (χ4v) is 1.16. The van der Waals surface area contributed by atoms with Gasteiger partial charge in [-0.15, -0.1) is 0 Å². The molecule has 2 atom stereocenters. The highest BCUT2D eigenvalue weighted by Gasteiger charge is 2.09. The summed E-state index contributed by atoms with van der Waals surface area (Å²) in [7, 11) is 0. The van der Waals surface area contributed by atoms with Crippen LogP contribution < -0.4 is 0 Å². The van der Waals surface area contributed by atoms with E-state index in [4.69, 9.17) is 0 Å². The van der Waals surface area contributed by atoms with Crippen LogP contribution in [0.5, 0.6) is 0 Å². The van der Waals surface area contributed by atoms with Crippen LogP contribution in [0.3, 0.4) is 0 Å². The molecule has 0 saturated heterocycles. The Labute approximate surface area is 50.8 Å². The summed E-state index contributed by atoms with van der Waals surface area (Å²) in [6, 6.07) is 0.582. The van der Waals surface area contributed by atoms with Gasteiger partial charge in [0.2, 0.25) is 0 Å². The lowest BCUT2D eigenvalue weighted by Gasteiger charge is -2.16. The molecule has 0 radical (unpaired) electrons. The van der Waals surface area contributed by atoms with Crippen LogP contribution in [0.15, 0.2) is 4.99 Å². The molecule has 0 spiro atoms. The summed E-state index contributed by atoms with van der Waals surface area (Å²) in [5.41, 5.74) is 0. The molecule has 8 heavy (non-hydrogen) atoms. The third kappa shape index (κ3) is 1.32. The van der Waals surface area contributed by atoms with Crippen molar-refractivity contribution in [1.82, 2.24) is 0 Å². The molecule has 0 aromatic carbocycles. The summed E-state index contributed by atoms with van der Waals surface area (Å²) in [6.45, 7) is 4.45. The van der Waals surface area contributed by atoms with Gasteiger partial charge in [-0.05, 0) is 31.9 Å². The zero-order chi connectivity index (χ0) is 5.98. The van der Waals surface area contributed by atoms with Crippen LogP contribution in [0.1, 0.15) is 26.7 Å². The predicted octanol–water partition coefficient (Wildman–Crippen LogP) is 1.88. The van der Waals surface area contributed by atoms with E-state index in [0.29, 0.717) is 6.04 Å². The van der Waals surface area contributed by atoms with Gasteiger partial charge >= 0.3 is 0 Å². The highest BCUT2D eigenvalue weighted by molar-refractivity contribution is 5.58. The molecule has 0 aliphatic carbocycles. The van der Waals surface area contributed by atoms with E-state index in [2.05, 4.69) is 25.1 Å². The molecule has 2 unspecified atom stereocenters. The minimum atomic E-state index is 0.582. The van der Waals surface area contributed by atoms with Gasteiger partial charge in [0, 0.05) is 6.04 Å². The Hall–Kier alpha value is -0.330. The zero-order valence-electron chi connectivity index (χ0n) is 5.59. The van der Waals surface area contributed by atoms with Crippen LogP contribution in [0.4, 0.5) is 0 Å². The Balaban J connectivity index is 2.42. The van der Waals surface area contributed by atoms with E-state index >= 15 is 0 Å². The standard InChI is InChI=1S/C7H13N/c1-6-3-4-8-7(2)5-6/h4,6-7H,3,5H2,1-2H3. The van der Waals surface area contributed by atoms with Crippen molar-refractivity contribution >= 4 is 6.21 Å². The van der Waals surface area contributed by atoms with Crippen molar-refractivity contribution in [2.75, 3.05) is 0 Å². The highest BCUT2D eigenvalue weighted by Crippen LogP contribution is 2.15. The molecular weight excluding hydrogens is 98.1 g/mol. The summed E-state index contributed by atoms with van der Waals surface area (Å²) in [5, 5.41) is 0. The van der Waals surface area contributed by atoms with Gasteiger partial charge in [-0.2, -0.15) is 0 Å². The summed E-state index contributed by atoms with van der Waals surface area (Å²) in [6.07, 6.45) is 4.51. The van der Waals surface area contributed by atoms with Crippen LogP contribution in [-0.2, 0) is 0 Å². The largest absolute Gasteiger partial charge is 0.294 e. The molecule has 0 saturated carbocycles. The maximum atomic E-state index is 4.26. The first-order valence-corrected chi connectivity index (χ1v) is 3.30. The molecule has 1 heterocycles. The molecule has 0 N–H and O–H groups in total. The van der Waals surface area contributed by atoms with E-state index in [1.54, 1.807) is 0 Å². The molecular formula is C7H13N. The van der Waals surface area contributed by atoms with Crippen LogP contribution in [0, 0.1) is 5.92 Å². The van der Waals surface area contributed by atoms with Gasteiger partial charge in [-0.1, -0.05) is 6.92 Å². The Kier molecular flexibility index (Phi) is 1.66. The smallest absolute Gasteiger partial charge is 0.0470 e. The minimum Gasteiger partial charge on any atom is -0.294 e. The van der Waals surface area contributed by atoms with Gasteiger partial charge in [0.05, 0.1) is 0 Å². The third-order valence-electron chi connectivity index (χ3n) is 1.61. The second-order valence-corrected chi connectivity index (χ2v) is 2.76. The van der Waals surface area contributed by atoms with Gasteiger partial charge in [-0.3, -0.25) is 4.99 Å². The molecule has 46 valence electrons. The first kappa shape index (κ1) is 5.80. The Morgan fingerprint density at radius 1 is 1.50 bits per heavy atom. The summed E-state index contributed by atoms with van der Waals surface area (Å²) in [4.78, 5) is 4.26. The molecule has 1 rings (SSSR count). The van der Waals surface area contributed by atoms with Crippen molar-refractivity contribution in [3.8, 4) is 0 Å². The monoisotopic (exact) mass is 111 g/mol. The predicted molar refractivity (Wildman–Crippen MR) is 36.4 cm³/mol. The average Bonchev–Trinajstić information content (AvgIpc) is 1.64. The lowest BCUT2D eigenvalue weighted by molar-refractivity contribution is 0.480. The molecule has 0 bridgehead atoms. The molecule has 1 aliphatic heterocycles. The summed E-state index contributed by atoms with van der Waals surface area (Å²) >= 11 is 0. The fraction of sp³-hybridized carbons (Fsp3) is 0.857. The van der Waals surface area contributed by atoms with E-state index in [1.165, 1.54) is 12.8 Å². The van der Waals surface area contributed by atoms with E-state index in [1.807, 2.05) is 0 Å². The molecule has 0 fully saturated rings. The number of hydrogen-bond donors (Lipinski definition) is 0. The SMILES string of the molecule is CC1CC=NC(C)C1. The Morgan fingerprint density at radius 3 is 2.62 bits per heavy atom. The highest BCUT2D eigenvalue weighted by atomic mass is 14.8. The van der Waals surface area contributed by atoms with Crippen molar-refractivity contribution in [3.05, 3.63) is 0 Å².